The maximum atomic E-state index is 5.65. The summed E-state index contributed by atoms with van der Waals surface area (Å²) >= 11 is 0. The van der Waals surface area contributed by atoms with E-state index in [-0.39, 0.29) is 6.04 Å². The Hall–Kier alpha value is -1.71. The van der Waals surface area contributed by atoms with Gasteiger partial charge in [-0.1, -0.05) is 12.1 Å². The zero-order chi connectivity index (χ0) is 10.1. The van der Waals surface area contributed by atoms with Crippen LogP contribution in [0.2, 0.25) is 0 Å². The Bertz CT molecular complexity index is 387. The minimum atomic E-state index is 0.178. The summed E-state index contributed by atoms with van der Waals surface area (Å²) in [4.78, 5) is 4.23. The van der Waals surface area contributed by atoms with Crippen LogP contribution in [0.4, 0.5) is 5.69 Å². The third-order valence-corrected chi connectivity index (χ3v) is 2.31. The van der Waals surface area contributed by atoms with Crippen LogP contribution in [-0.4, -0.2) is 13.1 Å². The molecule has 0 bridgehead atoms. The molecule has 2 rings (SSSR count). The number of nitrogens with one attached hydrogen (secondary N) is 1. The van der Waals surface area contributed by atoms with E-state index in [4.69, 9.17) is 10.5 Å². The molecule has 0 saturated heterocycles. The van der Waals surface area contributed by atoms with Gasteiger partial charge in [0.05, 0.1) is 13.2 Å². The molecular formula is C10H13N3O. The number of nitrogens with zero attached hydrogens (tertiary/aromatic N) is 1. The average molecular weight is 191 g/mol. The molecule has 0 saturated carbocycles. The van der Waals surface area contributed by atoms with Gasteiger partial charge in [-0.3, -0.25) is 0 Å². The van der Waals surface area contributed by atoms with Crippen LogP contribution in [0.15, 0.2) is 23.2 Å². The monoisotopic (exact) mass is 191 g/mol. The fourth-order valence-corrected chi connectivity index (χ4v) is 1.63. The summed E-state index contributed by atoms with van der Waals surface area (Å²) in [6.07, 6.45) is 0. The van der Waals surface area contributed by atoms with E-state index in [1.807, 2.05) is 25.1 Å². The Morgan fingerprint density at radius 2 is 2.29 bits per heavy atom. The summed E-state index contributed by atoms with van der Waals surface area (Å²) < 4.78 is 5.22. The highest BCUT2D eigenvalue weighted by Crippen LogP contribution is 2.36. The van der Waals surface area contributed by atoms with Crippen molar-refractivity contribution < 1.29 is 4.74 Å². The van der Waals surface area contributed by atoms with Gasteiger partial charge in [-0.05, 0) is 13.0 Å². The number of fused-ring (bicyclic) bond motifs is 1. The van der Waals surface area contributed by atoms with E-state index in [1.165, 1.54) is 0 Å². The van der Waals surface area contributed by atoms with Crippen molar-refractivity contribution in [3.63, 3.8) is 0 Å². The van der Waals surface area contributed by atoms with Crippen molar-refractivity contribution in [1.29, 1.82) is 0 Å². The van der Waals surface area contributed by atoms with E-state index in [2.05, 4.69) is 10.3 Å². The van der Waals surface area contributed by atoms with Crippen LogP contribution in [0.25, 0.3) is 0 Å². The van der Waals surface area contributed by atoms with E-state index in [0.717, 1.165) is 17.0 Å². The number of benzene rings is 1. The second-order valence-electron chi connectivity index (χ2n) is 3.26. The number of rotatable bonds is 1. The molecule has 3 N–H and O–H groups in total. The molecule has 14 heavy (non-hydrogen) atoms. The standard InChI is InChI=1S/C10H13N3O/c1-6-7-4-3-5-8(14-2)9(7)13-10(11)12-6/h3-6H,1-2H3,(H3,11,12,13). The summed E-state index contributed by atoms with van der Waals surface area (Å²) in [5.74, 6) is 1.20. The molecule has 1 heterocycles. The molecule has 0 fully saturated rings. The van der Waals surface area contributed by atoms with Crippen molar-refractivity contribution in [3.05, 3.63) is 23.8 Å². The molecule has 74 valence electrons. The minimum Gasteiger partial charge on any atom is -0.494 e. The Labute approximate surface area is 82.8 Å². The molecule has 4 nitrogen and oxygen atoms in total. The first-order valence-corrected chi connectivity index (χ1v) is 4.50. The van der Waals surface area contributed by atoms with E-state index >= 15 is 0 Å². The molecule has 1 unspecified atom stereocenters. The molecule has 0 aromatic heterocycles. The van der Waals surface area contributed by atoms with Crippen molar-refractivity contribution in [1.82, 2.24) is 5.32 Å². The topological polar surface area (TPSA) is 59.6 Å². The highest BCUT2D eigenvalue weighted by atomic mass is 16.5. The van der Waals surface area contributed by atoms with Gasteiger partial charge in [0.25, 0.3) is 0 Å². The van der Waals surface area contributed by atoms with Crippen molar-refractivity contribution >= 4 is 11.6 Å². The maximum Gasteiger partial charge on any atom is 0.194 e. The number of para-hydroxylation sites is 1. The number of methoxy groups -OCH3 is 1. The van der Waals surface area contributed by atoms with Gasteiger partial charge in [-0.2, -0.15) is 0 Å². The second kappa shape index (κ2) is 3.21. The van der Waals surface area contributed by atoms with Gasteiger partial charge in [-0.25, -0.2) is 4.99 Å². The molecule has 0 radical (unpaired) electrons. The normalized spacial score (nSPS) is 19.3. The zero-order valence-electron chi connectivity index (χ0n) is 8.24. The van der Waals surface area contributed by atoms with Crippen LogP contribution >= 0.6 is 0 Å². The lowest BCUT2D eigenvalue weighted by molar-refractivity contribution is 0.414. The van der Waals surface area contributed by atoms with E-state index < -0.39 is 0 Å². The van der Waals surface area contributed by atoms with E-state index in [9.17, 15) is 0 Å². The molecule has 0 amide bonds. The first kappa shape index (κ1) is 8.87. The van der Waals surface area contributed by atoms with Crippen LogP contribution in [0.1, 0.15) is 18.5 Å². The first-order valence-electron chi connectivity index (χ1n) is 4.50. The lowest BCUT2D eigenvalue weighted by Crippen LogP contribution is -2.35. The molecular weight excluding hydrogens is 178 g/mol. The molecule has 4 heteroatoms. The first-order chi connectivity index (χ1) is 6.72. The molecule has 1 aromatic carbocycles. The van der Waals surface area contributed by atoms with Gasteiger partial charge in [0.1, 0.15) is 11.4 Å². The van der Waals surface area contributed by atoms with Gasteiger partial charge in [0.15, 0.2) is 5.96 Å². The number of guanidine groups is 1. The smallest absolute Gasteiger partial charge is 0.194 e. The van der Waals surface area contributed by atoms with Crippen molar-refractivity contribution in [2.75, 3.05) is 7.11 Å². The van der Waals surface area contributed by atoms with Crippen LogP contribution in [-0.2, 0) is 0 Å². The molecule has 1 atom stereocenters. The highest BCUT2D eigenvalue weighted by Gasteiger charge is 2.19. The van der Waals surface area contributed by atoms with Crippen LogP contribution in [0, 0.1) is 0 Å². The third-order valence-electron chi connectivity index (χ3n) is 2.31. The van der Waals surface area contributed by atoms with Crippen molar-refractivity contribution in [3.8, 4) is 5.75 Å². The zero-order valence-corrected chi connectivity index (χ0v) is 8.24. The van der Waals surface area contributed by atoms with Crippen LogP contribution in [0.3, 0.4) is 0 Å². The molecule has 1 aliphatic rings. The Balaban J connectivity index is 2.59. The predicted octanol–water partition coefficient (Wildman–Crippen LogP) is 1.31. The van der Waals surface area contributed by atoms with Gasteiger partial charge >= 0.3 is 0 Å². The summed E-state index contributed by atoms with van der Waals surface area (Å²) in [5.41, 5.74) is 7.59. The van der Waals surface area contributed by atoms with Crippen molar-refractivity contribution in [2.45, 2.75) is 13.0 Å². The number of hydrogen-bond donors (Lipinski definition) is 2. The fourth-order valence-electron chi connectivity index (χ4n) is 1.63. The summed E-state index contributed by atoms with van der Waals surface area (Å²) in [7, 11) is 1.63. The Kier molecular flexibility index (Phi) is 2.04. The summed E-state index contributed by atoms with van der Waals surface area (Å²) in [5, 5.41) is 3.06. The quantitative estimate of drug-likeness (QED) is 0.703. The Morgan fingerprint density at radius 3 is 3.00 bits per heavy atom. The Morgan fingerprint density at radius 1 is 1.50 bits per heavy atom. The van der Waals surface area contributed by atoms with Gasteiger partial charge < -0.3 is 15.8 Å². The lowest BCUT2D eigenvalue weighted by atomic mass is 10.0. The number of nitrogens with two attached hydrogens (primary N) is 1. The van der Waals surface area contributed by atoms with Gasteiger partial charge in [-0.15, -0.1) is 0 Å². The second-order valence-corrected chi connectivity index (χ2v) is 3.26. The molecule has 0 spiro atoms. The fraction of sp³-hybridized carbons (Fsp3) is 0.300. The lowest BCUT2D eigenvalue weighted by Gasteiger charge is -2.23. The SMILES string of the molecule is COc1cccc2c1N=C(N)NC2C. The minimum absolute atomic E-state index is 0.178. The van der Waals surface area contributed by atoms with Crippen LogP contribution < -0.4 is 15.8 Å². The average Bonchev–Trinajstić information content (AvgIpc) is 2.17. The number of aliphatic imine (C=N–C) groups is 1. The van der Waals surface area contributed by atoms with Crippen LogP contribution in [0.5, 0.6) is 5.75 Å². The summed E-state index contributed by atoms with van der Waals surface area (Å²) in [6, 6.07) is 6.03. The van der Waals surface area contributed by atoms with E-state index in [0.29, 0.717) is 5.96 Å². The maximum absolute atomic E-state index is 5.65. The molecule has 1 aliphatic heterocycles. The highest BCUT2D eigenvalue weighted by molar-refractivity contribution is 5.85. The number of hydrogen-bond acceptors (Lipinski definition) is 4. The predicted molar refractivity (Wildman–Crippen MR) is 55.8 cm³/mol. The van der Waals surface area contributed by atoms with E-state index in [1.54, 1.807) is 7.11 Å². The third kappa shape index (κ3) is 1.28. The van der Waals surface area contributed by atoms with Gasteiger partial charge in [0.2, 0.25) is 0 Å². The van der Waals surface area contributed by atoms with Crippen molar-refractivity contribution in [2.24, 2.45) is 10.7 Å². The summed E-state index contributed by atoms with van der Waals surface area (Å²) in [6.45, 7) is 2.04. The number of ether oxygens (including phenoxy) is 1. The molecule has 1 aromatic rings. The largest absolute Gasteiger partial charge is 0.494 e. The van der Waals surface area contributed by atoms with Gasteiger partial charge in [0, 0.05) is 5.56 Å². The molecule has 0 aliphatic carbocycles.